The van der Waals surface area contributed by atoms with Crippen LogP contribution in [0.3, 0.4) is 0 Å². The lowest BCUT2D eigenvalue weighted by Crippen LogP contribution is -2.25. The normalized spacial score (nSPS) is 13.6. The van der Waals surface area contributed by atoms with E-state index in [0.717, 1.165) is 30.8 Å². The molecule has 0 bridgehead atoms. The van der Waals surface area contributed by atoms with Crippen LogP contribution in [0, 0.1) is 5.82 Å². The quantitative estimate of drug-likeness (QED) is 0.872. The summed E-state index contributed by atoms with van der Waals surface area (Å²) in [6.45, 7) is 1.68. The summed E-state index contributed by atoms with van der Waals surface area (Å²) in [4.78, 5) is 12.3. The van der Waals surface area contributed by atoms with Gasteiger partial charge >= 0.3 is 0 Å². The molecule has 1 heterocycles. The van der Waals surface area contributed by atoms with Gasteiger partial charge in [-0.05, 0) is 48.4 Å². The van der Waals surface area contributed by atoms with Crippen LogP contribution in [0.2, 0.25) is 0 Å². The number of fused-ring (bicyclic) bond motifs is 1. The zero-order chi connectivity index (χ0) is 14.8. The van der Waals surface area contributed by atoms with E-state index in [-0.39, 0.29) is 5.91 Å². The molecule has 0 fully saturated rings. The van der Waals surface area contributed by atoms with Crippen molar-refractivity contribution in [2.24, 2.45) is 0 Å². The van der Waals surface area contributed by atoms with E-state index in [2.05, 4.69) is 32.6 Å². The first-order valence-electron chi connectivity index (χ1n) is 6.72. The Labute approximate surface area is 130 Å². The van der Waals surface area contributed by atoms with Crippen LogP contribution in [0.1, 0.15) is 21.5 Å². The van der Waals surface area contributed by atoms with Gasteiger partial charge in [0.05, 0.1) is 0 Å². The SMILES string of the molecule is O=C(Nc1cccc2c1CNCC2)c1cc(F)cc(Br)c1. The van der Waals surface area contributed by atoms with Crippen LogP contribution in [-0.4, -0.2) is 12.5 Å². The molecule has 0 saturated carbocycles. The molecule has 2 N–H and O–H groups in total. The maximum absolute atomic E-state index is 13.4. The highest BCUT2D eigenvalue weighted by molar-refractivity contribution is 9.10. The van der Waals surface area contributed by atoms with Gasteiger partial charge in [-0.3, -0.25) is 4.79 Å². The minimum Gasteiger partial charge on any atom is -0.322 e. The monoisotopic (exact) mass is 348 g/mol. The summed E-state index contributed by atoms with van der Waals surface area (Å²) in [5, 5.41) is 6.17. The van der Waals surface area contributed by atoms with Crippen LogP contribution in [0.15, 0.2) is 40.9 Å². The number of hydrogen-bond donors (Lipinski definition) is 2. The third-order valence-corrected chi connectivity index (χ3v) is 3.98. The first-order chi connectivity index (χ1) is 10.1. The van der Waals surface area contributed by atoms with Gasteiger partial charge in [0.1, 0.15) is 5.82 Å². The molecule has 0 aliphatic carbocycles. The summed E-state index contributed by atoms with van der Waals surface area (Å²) in [6.07, 6.45) is 0.949. The van der Waals surface area contributed by atoms with Gasteiger partial charge in [-0.1, -0.05) is 28.1 Å². The van der Waals surface area contributed by atoms with E-state index in [9.17, 15) is 9.18 Å². The molecule has 5 heteroatoms. The molecule has 1 aliphatic rings. The number of halogens is 2. The summed E-state index contributed by atoms with van der Waals surface area (Å²) in [6, 6.07) is 10.0. The molecule has 1 aliphatic heterocycles. The molecule has 21 heavy (non-hydrogen) atoms. The first kappa shape index (κ1) is 14.2. The van der Waals surface area contributed by atoms with E-state index in [4.69, 9.17) is 0 Å². The standard InChI is InChI=1S/C16H14BrFN2O/c17-12-6-11(7-13(18)8-12)16(21)20-15-3-1-2-10-4-5-19-9-14(10)15/h1-3,6-8,19H,4-5,9H2,(H,20,21). The highest BCUT2D eigenvalue weighted by atomic mass is 79.9. The van der Waals surface area contributed by atoms with Crippen molar-refractivity contribution in [3.63, 3.8) is 0 Å². The second-order valence-corrected chi connectivity index (χ2v) is 5.90. The average molecular weight is 349 g/mol. The molecule has 3 nitrogen and oxygen atoms in total. The number of nitrogens with one attached hydrogen (secondary N) is 2. The lowest BCUT2D eigenvalue weighted by molar-refractivity contribution is 0.102. The van der Waals surface area contributed by atoms with Crippen molar-refractivity contribution >= 4 is 27.5 Å². The van der Waals surface area contributed by atoms with Gasteiger partial charge in [-0.25, -0.2) is 4.39 Å². The Kier molecular flexibility index (Phi) is 4.03. The van der Waals surface area contributed by atoms with E-state index in [1.54, 1.807) is 6.07 Å². The van der Waals surface area contributed by atoms with Crippen molar-refractivity contribution in [3.05, 3.63) is 63.4 Å². The van der Waals surface area contributed by atoms with E-state index in [0.29, 0.717) is 10.0 Å². The van der Waals surface area contributed by atoms with Gasteiger partial charge in [-0.15, -0.1) is 0 Å². The van der Waals surface area contributed by atoms with E-state index in [1.165, 1.54) is 17.7 Å². The van der Waals surface area contributed by atoms with E-state index >= 15 is 0 Å². The lowest BCUT2D eigenvalue weighted by Gasteiger charge is -2.20. The van der Waals surface area contributed by atoms with Crippen molar-refractivity contribution in [2.45, 2.75) is 13.0 Å². The summed E-state index contributed by atoms with van der Waals surface area (Å²) in [7, 11) is 0. The van der Waals surface area contributed by atoms with E-state index in [1.807, 2.05) is 12.1 Å². The van der Waals surface area contributed by atoms with Gasteiger partial charge < -0.3 is 10.6 Å². The number of benzene rings is 2. The summed E-state index contributed by atoms with van der Waals surface area (Å²) < 4.78 is 13.9. The van der Waals surface area contributed by atoms with Gasteiger partial charge in [0.25, 0.3) is 5.91 Å². The number of carbonyl (C=O) groups is 1. The number of hydrogen-bond acceptors (Lipinski definition) is 2. The van der Waals surface area contributed by atoms with Crippen molar-refractivity contribution in [2.75, 3.05) is 11.9 Å². The third-order valence-electron chi connectivity index (χ3n) is 3.52. The zero-order valence-corrected chi connectivity index (χ0v) is 12.8. The van der Waals surface area contributed by atoms with Gasteiger partial charge in [0.15, 0.2) is 0 Å². The molecule has 2 aromatic rings. The van der Waals surface area contributed by atoms with Crippen molar-refractivity contribution in [3.8, 4) is 0 Å². The van der Waals surface area contributed by atoms with Crippen LogP contribution in [0.4, 0.5) is 10.1 Å². The Balaban J connectivity index is 1.88. The number of anilines is 1. The average Bonchev–Trinajstić information content (AvgIpc) is 2.46. The highest BCUT2D eigenvalue weighted by Gasteiger charge is 2.15. The zero-order valence-electron chi connectivity index (χ0n) is 11.2. The molecule has 2 aromatic carbocycles. The summed E-state index contributed by atoms with van der Waals surface area (Å²) in [5.74, 6) is -0.750. The Morgan fingerprint density at radius 1 is 1.29 bits per heavy atom. The lowest BCUT2D eigenvalue weighted by atomic mass is 9.99. The minimum atomic E-state index is -0.439. The largest absolute Gasteiger partial charge is 0.322 e. The van der Waals surface area contributed by atoms with Crippen LogP contribution in [-0.2, 0) is 13.0 Å². The molecule has 0 aromatic heterocycles. The first-order valence-corrected chi connectivity index (χ1v) is 7.52. The molecule has 0 radical (unpaired) electrons. The molecule has 108 valence electrons. The smallest absolute Gasteiger partial charge is 0.255 e. The second kappa shape index (κ2) is 5.95. The summed E-state index contributed by atoms with van der Waals surface area (Å²) >= 11 is 3.20. The predicted molar refractivity (Wildman–Crippen MR) is 83.9 cm³/mol. The van der Waals surface area contributed by atoms with Crippen molar-refractivity contribution < 1.29 is 9.18 Å². The van der Waals surface area contributed by atoms with Crippen LogP contribution in [0.25, 0.3) is 0 Å². The third kappa shape index (κ3) is 3.14. The van der Waals surface area contributed by atoms with E-state index < -0.39 is 5.82 Å². The topological polar surface area (TPSA) is 41.1 Å². The fraction of sp³-hybridized carbons (Fsp3) is 0.188. The number of carbonyl (C=O) groups excluding carboxylic acids is 1. The van der Waals surface area contributed by atoms with Gasteiger partial charge in [0, 0.05) is 22.3 Å². The fourth-order valence-corrected chi connectivity index (χ4v) is 2.98. The van der Waals surface area contributed by atoms with Crippen LogP contribution < -0.4 is 10.6 Å². The highest BCUT2D eigenvalue weighted by Crippen LogP contribution is 2.24. The Morgan fingerprint density at radius 3 is 2.95 bits per heavy atom. The van der Waals surface area contributed by atoms with Gasteiger partial charge in [-0.2, -0.15) is 0 Å². The Hall–Kier alpha value is -1.72. The molecule has 0 saturated heterocycles. The molecule has 0 atom stereocenters. The summed E-state index contributed by atoms with van der Waals surface area (Å²) in [5.41, 5.74) is 3.42. The number of amides is 1. The molecular weight excluding hydrogens is 335 g/mol. The Bertz CT molecular complexity index is 682. The fourth-order valence-electron chi connectivity index (χ4n) is 2.51. The molecule has 0 spiro atoms. The van der Waals surface area contributed by atoms with Crippen molar-refractivity contribution in [1.29, 1.82) is 0 Å². The van der Waals surface area contributed by atoms with Crippen LogP contribution >= 0.6 is 15.9 Å². The molecule has 1 amide bonds. The molecule has 0 unspecified atom stereocenters. The van der Waals surface area contributed by atoms with Gasteiger partial charge in [0.2, 0.25) is 0 Å². The predicted octanol–water partition coefficient (Wildman–Crippen LogP) is 3.49. The maximum Gasteiger partial charge on any atom is 0.255 e. The molecule has 3 rings (SSSR count). The number of rotatable bonds is 2. The maximum atomic E-state index is 13.4. The minimum absolute atomic E-state index is 0.295. The van der Waals surface area contributed by atoms with Crippen molar-refractivity contribution in [1.82, 2.24) is 5.32 Å². The molecular formula is C16H14BrFN2O. The Morgan fingerprint density at radius 2 is 2.14 bits per heavy atom. The van der Waals surface area contributed by atoms with Crippen LogP contribution in [0.5, 0.6) is 0 Å². The second-order valence-electron chi connectivity index (χ2n) is 4.98.